The summed E-state index contributed by atoms with van der Waals surface area (Å²) in [6.45, 7) is 7.69. The highest BCUT2D eigenvalue weighted by Crippen LogP contribution is 2.21. The number of hydrogen-bond acceptors (Lipinski definition) is 2. The maximum absolute atomic E-state index is 9.56. The Morgan fingerprint density at radius 2 is 2.24 bits per heavy atom. The van der Waals surface area contributed by atoms with E-state index in [1.165, 1.54) is 5.56 Å². The molecule has 0 saturated heterocycles. The first-order chi connectivity index (χ1) is 8.11. The van der Waals surface area contributed by atoms with Crippen LogP contribution >= 0.6 is 0 Å². The molecular formula is C14H17N2O. The number of aliphatic hydroxyl groups is 1. The van der Waals surface area contributed by atoms with Gasteiger partial charge in [-0.25, -0.2) is 4.98 Å². The number of rotatable bonds is 3. The van der Waals surface area contributed by atoms with Crippen LogP contribution in [0.2, 0.25) is 0 Å². The van der Waals surface area contributed by atoms with E-state index in [2.05, 4.69) is 31.0 Å². The van der Waals surface area contributed by atoms with Gasteiger partial charge in [-0.05, 0) is 19.9 Å². The minimum Gasteiger partial charge on any atom is -0.373 e. The monoisotopic (exact) mass is 229 g/mol. The zero-order valence-electron chi connectivity index (χ0n) is 10.2. The van der Waals surface area contributed by atoms with Gasteiger partial charge in [0.2, 0.25) is 0 Å². The summed E-state index contributed by atoms with van der Waals surface area (Å²) in [6.07, 6.45) is 1.85. The minimum absolute atomic E-state index is 0.776. The van der Waals surface area contributed by atoms with Gasteiger partial charge in [0.15, 0.2) is 0 Å². The molecule has 1 heterocycles. The zero-order valence-corrected chi connectivity index (χ0v) is 10.2. The fraction of sp³-hybridized carbons (Fsp3) is 0.286. The van der Waals surface area contributed by atoms with E-state index in [4.69, 9.17) is 0 Å². The van der Waals surface area contributed by atoms with Crippen LogP contribution < -0.4 is 0 Å². The lowest BCUT2D eigenvalue weighted by Crippen LogP contribution is -2.06. The van der Waals surface area contributed by atoms with E-state index in [0.29, 0.717) is 0 Å². The Hall–Kier alpha value is -1.61. The van der Waals surface area contributed by atoms with Crippen LogP contribution in [-0.4, -0.2) is 14.7 Å². The molecule has 1 atom stereocenters. The highest BCUT2D eigenvalue weighted by Gasteiger charge is 2.11. The summed E-state index contributed by atoms with van der Waals surface area (Å²) in [6, 6.07) is 8.17. The largest absolute Gasteiger partial charge is 0.373 e. The summed E-state index contributed by atoms with van der Waals surface area (Å²) >= 11 is 0. The lowest BCUT2D eigenvalue weighted by molar-refractivity contribution is 0.148. The Morgan fingerprint density at radius 1 is 1.47 bits per heavy atom. The lowest BCUT2D eigenvalue weighted by atomic mass is 10.1. The Balaban J connectivity index is 2.46. The molecule has 1 N–H and O–H groups in total. The van der Waals surface area contributed by atoms with E-state index in [-0.39, 0.29) is 0 Å². The van der Waals surface area contributed by atoms with Gasteiger partial charge >= 0.3 is 0 Å². The fourth-order valence-corrected chi connectivity index (χ4v) is 1.90. The van der Waals surface area contributed by atoms with Crippen molar-refractivity contribution >= 4 is 0 Å². The molecule has 0 amide bonds. The van der Waals surface area contributed by atoms with E-state index in [1.807, 2.05) is 25.3 Å². The third-order valence-corrected chi connectivity index (χ3v) is 2.76. The molecule has 1 aromatic heterocycles. The van der Waals surface area contributed by atoms with E-state index in [0.717, 1.165) is 23.5 Å². The number of aromatic nitrogens is 2. The highest BCUT2D eigenvalue weighted by molar-refractivity contribution is 5.59. The zero-order chi connectivity index (χ0) is 12.4. The Morgan fingerprint density at radius 3 is 2.76 bits per heavy atom. The van der Waals surface area contributed by atoms with Gasteiger partial charge in [-0.1, -0.05) is 30.7 Å². The normalized spacial score (nSPS) is 12.7. The van der Waals surface area contributed by atoms with Gasteiger partial charge in [0.1, 0.15) is 12.1 Å². The molecule has 0 aliphatic heterocycles. The molecule has 0 aliphatic carbocycles. The molecule has 0 saturated carbocycles. The van der Waals surface area contributed by atoms with Gasteiger partial charge in [0.05, 0.1) is 5.69 Å². The Labute approximate surface area is 102 Å². The molecule has 1 unspecified atom stereocenters. The molecule has 1 aromatic carbocycles. The Kier molecular flexibility index (Phi) is 3.29. The molecule has 2 aromatic rings. The second-order valence-electron chi connectivity index (χ2n) is 4.15. The van der Waals surface area contributed by atoms with Crippen LogP contribution in [-0.2, 0) is 6.42 Å². The van der Waals surface area contributed by atoms with E-state index >= 15 is 0 Å². The number of aliphatic hydroxyl groups excluding tert-OH is 1. The fourth-order valence-electron chi connectivity index (χ4n) is 1.90. The molecule has 2 rings (SSSR count). The second-order valence-corrected chi connectivity index (χ2v) is 4.15. The number of imidazole rings is 1. The van der Waals surface area contributed by atoms with Crippen molar-refractivity contribution < 1.29 is 5.11 Å². The smallest absolute Gasteiger partial charge is 0.132 e. The SMILES string of the molecule is [CH2]C(O)n1cc(-c2cccc(C)c2)nc1CC. The topological polar surface area (TPSA) is 38.0 Å². The average Bonchev–Trinajstić information content (AvgIpc) is 2.73. The van der Waals surface area contributed by atoms with Crippen molar-refractivity contribution in [2.24, 2.45) is 0 Å². The number of hydrogen-bond donors (Lipinski definition) is 1. The molecule has 1 radical (unpaired) electrons. The first kappa shape index (κ1) is 11.9. The summed E-state index contributed by atoms with van der Waals surface area (Å²) in [7, 11) is 0. The summed E-state index contributed by atoms with van der Waals surface area (Å²) in [5.74, 6) is 0.851. The molecule has 0 fully saturated rings. The molecule has 0 spiro atoms. The van der Waals surface area contributed by atoms with Crippen molar-refractivity contribution in [3.8, 4) is 11.3 Å². The van der Waals surface area contributed by atoms with Crippen molar-refractivity contribution in [2.75, 3.05) is 0 Å². The number of aryl methyl sites for hydroxylation is 2. The predicted octanol–water partition coefficient (Wildman–Crippen LogP) is 2.75. The molecule has 0 aliphatic rings. The first-order valence-electron chi connectivity index (χ1n) is 5.77. The van der Waals surface area contributed by atoms with Crippen LogP contribution in [0.4, 0.5) is 0 Å². The van der Waals surface area contributed by atoms with Crippen molar-refractivity contribution in [2.45, 2.75) is 26.5 Å². The predicted molar refractivity (Wildman–Crippen MR) is 68.4 cm³/mol. The third-order valence-electron chi connectivity index (χ3n) is 2.76. The average molecular weight is 229 g/mol. The number of nitrogens with zero attached hydrogens (tertiary/aromatic N) is 2. The maximum Gasteiger partial charge on any atom is 0.132 e. The van der Waals surface area contributed by atoms with Crippen LogP contribution in [0.1, 0.15) is 24.5 Å². The third kappa shape index (κ3) is 2.39. The summed E-state index contributed by atoms with van der Waals surface area (Å²) < 4.78 is 1.71. The van der Waals surface area contributed by atoms with Crippen molar-refractivity contribution in [3.63, 3.8) is 0 Å². The van der Waals surface area contributed by atoms with E-state index in [1.54, 1.807) is 4.57 Å². The lowest BCUT2D eigenvalue weighted by Gasteiger charge is -2.07. The molecule has 3 nitrogen and oxygen atoms in total. The van der Waals surface area contributed by atoms with Gasteiger partial charge in [-0.3, -0.25) is 0 Å². The summed E-state index contributed by atoms with van der Waals surface area (Å²) in [5, 5.41) is 9.56. The molecule has 3 heteroatoms. The molecule has 0 bridgehead atoms. The van der Waals surface area contributed by atoms with Crippen LogP contribution in [0.3, 0.4) is 0 Å². The molecule has 89 valence electrons. The first-order valence-corrected chi connectivity index (χ1v) is 5.77. The number of benzene rings is 1. The van der Waals surface area contributed by atoms with Crippen LogP contribution in [0.25, 0.3) is 11.3 Å². The minimum atomic E-state index is -0.781. The summed E-state index contributed by atoms with van der Waals surface area (Å²) in [4.78, 5) is 4.52. The van der Waals surface area contributed by atoms with Gasteiger partial charge in [0.25, 0.3) is 0 Å². The van der Waals surface area contributed by atoms with Crippen LogP contribution in [0.15, 0.2) is 30.5 Å². The summed E-state index contributed by atoms with van der Waals surface area (Å²) in [5.41, 5.74) is 3.15. The standard InChI is InChI=1S/C14H17N2O/c1-4-14-15-13(9-16(14)11(3)17)12-7-5-6-10(2)8-12/h5-9,11,17H,3-4H2,1-2H3. The van der Waals surface area contributed by atoms with Crippen LogP contribution in [0, 0.1) is 13.8 Å². The van der Waals surface area contributed by atoms with E-state index < -0.39 is 6.23 Å². The highest BCUT2D eigenvalue weighted by atomic mass is 16.3. The van der Waals surface area contributed by atoms with Crippen molar-refractivity contribution in [1.29, 1.82) is 0 Å². The van der Waals surface area contributed by atoms with Crippen LogP contribution in [0.5, 0.6) is 0 Å². The Bertz CT molecular complexity index is 515. The van der Waals surface area contributed by atoms with Gasteiger partial charge in [0, 0.05) is 18.2 Å². The quantitative estimate of drug-likeness (QED) is 0.878. The second kappa shape index (κ2) is 4.72. The maximum atomic E-state index is 9.56. The van der Waals surface area contributed by atoms with Crippen molar-refractivity contribution in [1.82, 2.24) is 9.55 Å². The van der Waals surface area contributed by atoms with Gasteiger partial charge in [-0.2, -0.15) is 0 Å². The van der Waals surface area contributed by atoms with Gasteiger partial charge < -0.3 is 9.67 Å². The van der Waals surface area contributed by atoms with E-state index in [9.17, 15) is 5.11 Å². The molecule has 17 heavy (non-hydrogen) atoms. The van der Waals surface area contributed by atoms with Crippen molar-refractivity contribution in [3.05, 3.63) is 48.8 Å². The molecular weight excluding hydrogens is 212 g/mol. The van der Waals surface area contributed by atoms with Gasteiger partial charge in [-0.15, -0.1) is 0 Å².